The lowest BCUT2D eigenvalue weighted by atomic mass is 9.84. The van der Waals surface area contributed by atoms with Gasteiger partial charge in [0.25, 0.3) is 0 Å². The summed E-state index contributed by atoms with van der Waals surface area (Å²) in [6.45, 7) is 6.94. The number of nitrogens with zero attached hydrogens (tertiary/aromatic N) is 1. The minimum absolute atomic E-state index is 0.0488. The van der Waals surface area contributed by atoms with Gasteiger partial charge in [0.1, 0.15) is 12.6 Å². The molecule has 48 heavy (non-hydrogen) atoms. The summed E-state index contributed by atoms with van der Waals surface area (Å²) in [4.78, 5) is 65.3. The molecule has 4 atom stereocenters. The van der Waals surface area contributed by atoms with Crippen molar-refractivity contribution in [1.29, 1.82) is 0 Å². The standard InChI is InChI=1S/C34H39F4N3O7/c1-17-11-20(17)18-8-9-24(21(12-18)34(2,3)4)39-32(46)33(47)41-10-6-5-7-19(15-41)31(45)40-25(14-27(43)44)26(42)16-48-30-28(37)22(35)13-23(36)29(30)38/h8-9,12-13,17,19-20,25H,5-7,10-11,14-16H2,1-4H3,(H,39,46)(H,40,45)(H,43,44)/t17?,19-,20+,25+/m1/s1. The number of carbonyl (C=O) groups is 5. The second-order valence-electron chi connectivity index (χ2n) is 13.5. The maximum Gasteiger partial charge on any atom is 0.313 e. The number of amides is 3. The van der Waals surface area contributed by atoms with Gasteiger partial charge in [0.2, 0.25) is 17.5 Å². The Kier molecular flexibility index (Phi) is 11.2. The third-order valence-corrected chi connectivity index (χ3v) is 8.68. The van der Waals surface area contributed by atoms with E-state index in [1.807, 2.05) is 26.8 Å². The summed E-state index contributed by atoms with van der Waals surface area (Å²) < 4.78 is 59.6. The fraction of sp³-hybridized carbons (Fsp3) is 0.500. The van der Waals surface area contributed by atoms with Gasteiger partial charge in [-0.2, -0.15) is 8.78 Å². The number of hydrogen-bond acceptors (Lipinski definition) is 6. The average molecular weight is 678 g/mol. The van der Waals surface area contributed by atoms with Crippen molar-refractivity contribution in [2.75, 3.05) is 25.0 Å². The highest BCUT2D eigenvalue weighted by Crippen LogP contribution is 2.48. The van der Waals surface area contributed by atoms with E-state index in [2.05, 4.69) is 28.4 Å². The van der Waals surface area contributed by atoms with Gasteiger partial charge < -0.3 is 25.4 Å². The van der Waals surface area contributed by atoms with Crippen molar-refractivity contribution in [3.8, 4) is 5.75 Å². The van der Waals surface area contributed by atoms with Crippen LogP contribution in [0, 0.1) is 35.1 Å². The molecule has 0 aromatic heterocycles. The first-order valence-electron chi connectivity index (χ1n) is 15.7. The highest BCUT2D eigenvalue weighted by molar-refractivity contribution is 6.39. The van der Waals surface area contributed by atoms with E-state index in [1.54, 1.807) is 6.07 Å². The Morgan fingerprint density at radius 3 is 2.25 bits per heavy atom. The lowest BCUT2D eigenvalue weighted by Crippen LogP contribution is -2.49. The number of carbonyl (C=O) groups excluding carboxylic acids is 4. The molecule has 1 heterocycles. The summed E-state index contributed by atoms with van der Waals surface area (Å²) in [7, 11) is 0. The molecule has 0 spiro atoms. The van der Waals surface area contributed by atoms with Crippen molar-refractivity contribution >= 4 is 35.2 Å². The van der Waals surface area contributed by atoms with Crippen LogP contribution in [0.25, 0.3) is 0 Å². The molecule has 1 aliphatic carbocycles. The zero-order chi connectivity index (χ0) is 35.5. The van der Waals surface area contributed by atoms with Crippen LogP contribution in [0.15, 0.2) is 24.3 Å². The summed E-state index contributed by atoms with van der Waals surface area (Å²) in [5.41, 5.74) is 2.21. The largest absolute Gasteiger partial charge is 0.481 e. The number of carboxylic acid groups (broad SMARTS) is 1. The van der Waals surface area contributed by atoms with Crippen molar-refractivity contribution in [1.82, 2.24) is 10.2 Å². The molecule has 3 N–H and O–H groups in total. The number of carboxylic acids is 1. The van der Waals surface area contributed by atoms with Crippen molar-refractivity contribution < 1.29 is 51.4 Å². The molecule has 4 rings (SSSR count). The number of ketones is 1. The quantitative estimate of drug-likeness (QED) is 0.186. The van der Waals surface area contributed by atoms with Gasteiger partial charge in [-0.05, 0) is 53.7 Å². The number of benzene rings is 2. The molecule has 260 valence electrons. The molecule has 14 heteroatoms. The topological polar surface area (TPSA) is 142 Å². The van der Waals surface area contributed by atoms with E-state index < -0.39 is 83.5 Å². The Morgan fingerprint density at radius 2 is 1.67 bits per heavy atom. The van der Waals surface area contributed by atoms with Crippen LogP contribution in [0.5, 0.6) is 5.75 Å². The zero-order valence-corrected chi connectivity index (χ0v) is 27.1. The monoisotopic (exact) mass is 677 g/mol. The number of Topliss-reactive ketones (excluding diaryl/α,β-unsaturated/α-hetero) is 1. The number of halogens is 4. The highest BCUT2D eigenvalue weighted by Gasteiger charge is 2.36. The molecule has 1 aliphatic heterocycles. The molecule has 1 unspecified atom stereocenters. The third kappa shape index (κ3) is 8.70. The predicted molar refractivity (Wildman–Crippen MR) is 165 cm³/mol. The van der Waals surface area contributed by atoms with E-state index in [1.165, 1.54) is 10.5 Å². The first kappa shape index (κ1) is 36.3. The molecule has 2 aliphatic rings. The SMILES string of the molecule is CC1C[C@@H]1c1ccc(NC(=O)C(=O)N2CCCC[C@@H](C(=O)N[C@@H](CC(=O)O)C(=O)COc3c(F)c(F)cc(F)c3F)C2)c(C(C)(C)C)c1. The van der Waals surface area contributed by atoms with Crippen LogP contribution in [0.1, 0.15) is 76.8 Å². The third-order valence-electron chi connectivity index (χ3n) is 8.68. The van der Waals surface area contributed by atoms with Crippen molar-refractivity contribution in [2.45, 2.75) is 77.2 Å². The van der Waals surface area contributed by atoms with E-state index in [-0.39, 0.29) is 31.0 Å². The first-order valence-corrected chi connectivity index (χ1v) is 15.7. The number of hydrogen-bond donors (Lipinski definition) is 3. The van der Waals surface area contributed by atoms with E-state index in [0.717, 1.165) is 12.0 Å². The number of anilines is 1. The summed E-state index contributed by atoms with van der Waals surface area (Å²) in [5, 5.41) is 14.3. The number of aliphatic carboxylic acids is 1. The number of nitrogens with one attached hydrogen (secondary N) is 2. The minimum Gasteiger partial charge on any atom is -0.481 e. The summed E-state index contributed by atoms with van der Waals surface area (Å²) in [6, 6.07) is 4.00. The molecular formula is C34H39F4N3O7. The average Bonchev–Trinajstić information content (AvgIpc) is 3.79. The molecule has 2 aromatic carbocycles. The lowest BCUT2D eigenvalue weighted by Gasteiger charge is -2.26. The molecule has 10 nitrogen and oxygen atoms in total. The Bertz CT molecular complexity index is 1580. The molecular weight excluding hydrogens is 638 g/mol. The fourth-order valence-corrected chi connectivity index (χ4v) is 5.80. The van der Waals surface area contributed by atoms with Gasteiger partial charge in [0, 0.05) is 24.8 Å². The molecule has 2 fully saturated rings. The molecule has 1 saturated carbocycles. The van der Waals surface area contributed by atoms with Crippen molar-refractivity contribution in [3.63, 3.8) is 0 Å². The van der Waals surface area contributed by atoms with E-state index >= 15 is 0 Å². The summed E-state index contributed by atoms with van der Waals surface area (Å²) in [5.74, 6) is -14.0. The van der Waals surface area contributed by atoms with Gasteiger partial charge in [0.15, 0.2) is 23.2 Å². The van der Waals surface area contributed by atoms with Crippen molar-refractivity contribution in [2.24, 2.45) is 11.8 Å². The van der Waals surface area contributed by atoms with Gasteiger partial charge in [-0.15, -0.1) is 0 Å². The molecule has 2 aromatic rings. The van der Waals surface area contributed by atoms with Crippen LogP contribution in [0.3, 0.4) is 0 Å². The predicted octanol–water partition coefficient (Wildman–Crippen LogP) is 4.84. The van der Waals surface area contributed by atoms with E-state index in [9.17, 15) is 46.6 Å². The highest BCUT2D eigenvalue weighted by atomic mass is 19.2. The fourth-order valence-electron chi connectivity index (χ4n) is 5.80. The van der Waals surface area contributed by atoms with Crippen LogP contribution in [0.4, 0.5) is 23.2 Å². The normalized spacial score (nSPS) is 19.9. The Labute approximate surface area is 275 Å². The van der Waals surface area contributed by atoms with E-state index in [4.69, 9.17) is 0 Å². The maximum absolute atomic E-state index is 14.0. The Hall–Kier alpha value is -4.49. The van der Waals surface area contributed by atoms with Gasteiger partial charge in [-0.25, -0.2) is 8.78 Å². The molecule has 1 saturated heterocycles. The van der Waals surface area contributed by atoms with Crippen LogP contribution >= 0.6 is 0 Å². The van der Waals surface area contributed by atoms with Gasteiger partial charge >= 0.3 is 17.8 Å². The smallest absolute Gasteiger partial charge is 0.313 e. The van der Waals surface area contributed by atoms with Crippen LogP contribution in [-0.4, -0.2) is 65.2 Å². The summed E-state index contributed by atoms with van der Waals surface area (Å²) >= 11 is 0. The van der Waals surface area contributed by atoms with E-state index in [0.29, 0.717) is 30.4 Å². The van der Waals surface area contributed by atoms with Gasteiger partial charge in [0.05, 0.1) is 12.3 Å². The molecule has 3 amide bonds. The molecule has 0 bridgehead atoms. The van der Waals surface area contributed by atoms with Gasteiger partial charge in [-0.3, -0.25) is 24.0 Å². The number of ether oxygens (including phenoxy) is 1. The Balaban J connectivity index is 1.43. The molecule has 0 radical (unpaired) electrons. The minimum atomic E-state index is -1.90. The number of likely N-dealkylation sites (tertiary alicyclic amines) is 1. The van der Waals surface area contributed by atoms with Gasteiger partial charge in [-0.1, -0.05) is 46.2 Å². The van der Waals surface area contributed by atoms with Crippen LogP contribution in [-0.2, 0) is 29.4 Å². The first-order chi connectivity index (χ1) is 22.5. The second-order valence-corrected chi connectivity index (χ2v) is 13.5. The van der Waals surface area contributed by atoms with Crippen molar-refractivity contribution in [3.05, 3.63) is 58.7 Å². The van der Waals surface area contributed by atoms with Crippen LogP contribution in [0.2, 0.25) is 0 Å². The second kappa shape index (κ2) is 14.7. The Morgan fingerprint density at radius 1 is 1.02 bits per heavy atom. The zero-order valence-electron chi connectivity index (χ0n) is 27.1. The number of rotatable bonds is 10. The maximum atomic E-state index is 14.0. The summed E-state index contributed by atoms with van der Waals surface area (Å²) in [6.07, 6.45) is 1.34. The van der Waals surface area contributed by atoms with Crippen LogP contribution < -0.4 is 15.4 Å². The lowest BCUT2D eigenvalue weighted by molar-refractivity contribution is -0.144.